The molecule has 1 atom stereocenters. The molecule has 0 radical (unpaired) electrons. The summed E-state index contributed by atoms with van der Waals surface area (Å²) >= 11 is 0. The summed E-state index contributed by atoms with van der Waals surface area (Å²) in [6.45, 7) is 6.42. The van der Waals surface area contributed by atoms with Crippen molar-refractivity contribution in [3.05, 3.63) is 60.8 Å². The monoisotopic (exact) mass is 993 g/mol. The largest absolute Gasteiger partial charge is 0.462 e. The van der Waals surface area contributed by atoms with Crippen molar-refractivity contribution in [2.45, 2.75) is 322 Å². The van der Waals surface area contributed by atoms with Gasteiger partial charge in [0.25, 0.3) is 0 Å². The van der Waals surface area contributed by atoms with Crippen LogP contribution in [0.3, 0.4) is 0 Å². The van der Waals surface area contributed by atoms with E-state index in [1.807, 2.05) is 0 Å². The van der Waals surface area contributed by atoms with Crippen LogP contribution in [0.2, 0.25) is 0 Å². The molecule has 0 bridgehead atoms. The van der Waals surface area contributed by atoms with E-state index in [0.717, 1.165) is 96.3 Å². The number of ether oxygens (including phenoxy) is 3. The highest BCUT2D eigenvalue weighted by Crippen LogP contribution is 2.17. The maximum Gasteiger partial charge on any atom is 0.306 e. The summed E-state index contributed by atoms with van der Waals surface area (Å²) in [4.78, 5) is 37.7. The second kappa shape index (κ2) is 59.7. The quantitative estimate of drug-likeness (QED) is 0.0261. The van der Waals surface area contributed by atoms with Crippen LogP contribution in [0.15, 0.2) is 60.8 Å². The first-order chi connectivity index (χ1) is 35.0. The third-order valence-corrected chi connectivity index (χ3v) is 13.5. The fourth-order valence-corrected chi connectivity index (χ4v) is 8.90. The highest BCUT2D eigenvalue weighted by molar-refractivity contribution is 5.71. The Labute approximate surface area is 440 Å². The molecule has 0 fully saturated rings. The van der Waals surface area contributed by atoms with Gasteiger partial charge in [0.2, 0.25) is 0 Å². The van der Waals surface area contributed by atoms with Gasteiger partial charge < -0.3 is 14.2 Å². The van der Waals surface area contributed by atoms with Gasteiger partial charge in [-0.15, -0.1) is 0 Å². The molecule has 6 heteroatoms. The number of carbonyl (C=O) groups excluding carboxylic acids is 3. The molecule has 1 unspecified atom stereocenters. The number of hydrogen-bond acceptors (Lipinski definition) is 6. The van der Waals surface area contributed by atoms with Crippen LogP contribution < -0.4 is 0 Å². The fourth-order valence-electron chi connectivity index (χ4n) is 8.90. The van der Waals surface area contributed by atoms with Crippen molar-refractivity contribution in [3.63, 3.8) is 0 Å². The van der Waals surface area contributed by atoms with E-state index in [9.17, 15) is 14.4 Å². The Balaban J connectivity index is 3.85. The lowest BCUT2D eigenvalue weighted by molar-refractivity contribution is -0.167. The smallest absolute Gasteiger partial charge is 0.306 e. The summed E-state index contributed by atoms with van der Waals surface area (Å²) in [5, 5.41) is 0. The third kappa shape index (κ3) is 57.9. The Morgan fingerprint density at radius 1 is 0.296 bits per heavy atom. The first-order valence-corrected chi connectivity index (χ1v) is 30.8. The molecule has 0 aromatic heterocycles. The van der Waals surface area contributed by atoms with Crippen molar-refractivity contribution < 1.29 is 28.6 Å². The highest BCUT2D eigenvalue weighted by Gasteiger charge is 2.19. The minimum Gasteiger partial charge on any atom is -0.462 e. The maximum atomic E-state index is 12.7. The molecular weight excluding hydrogens is 877 g/mol. The number of rotatable bonds is 56. The Morgan fingerprint density at radius 2 is 0.549 bits per heavy atom. The Kier molecular flexibility index (Phi) is 57.2. The molecule has 0 rings (SSSR count). The topological polar surface area (TPSA) is 78.9 Å². The predicted molar refractivity (Wildman–Crippen MR) is 307 cm³/mol. The van der Waals surface area contributed by atoms with Crippen molar-refractivity contribution in [2.24, 2.45) is 0 Å². The lowest BCUT2D eigenvalue weighted by Crippen LogP contribution is -2.30. The molecule has 0 aliphatic heterocycles. The first kappa shape index (κ1) is 68.1. The Bertz CT molecular complexity index is 1280. The summed E-state index contributed by atoms with van der Waals surface area (Å²) in [5.74, 6) is -0.918. The number of allylic oxidation sites excluding steroid dienone is 10. The number of hydrogen-bond donors (Lipinski definition) is 0. The van der Waals surface area contributed by atoms with Gasteiger partial charge in [0.15, 0.2) is 6.10 Å². The van der Waals surface area contributed by atoms with E-state index in [0.29, 0.717) is 19.3 Å². The molecule has 0 N–H and O–H groups in total. The van der Waals surface area contributed by atoms with Crippen molar-refractivity contribution in [1.29, 1.82) is 0 Å². The summed E-state index contributed by atoms with van der Waals surface area (Å²) < 4.78 is 16.7. The minimum atomic E-state index is -0.783. The van der Waals surface area contributed by atoms with Gasteiger partial charge in [0, 0.05) is 19.3 Å². The van der Waals surface area contributed by atoms with Gasteiger partial charge in [-0.3, -0.25) is 14.4 Å². The number of unbranched alkanes of at least 4 members (excludes halogenated alkanes) is 35. The van der Waals surface area contributed by atoms with E-state index < -0.39 is 6.10 Å². The molecule has 0 spiro atoms. The summed E-state index contributed by atoms with van der Waals surface area (Å²) in [6.07, 6.45) is 75.9. The predicted octanol–water partition coefficient (Wildman–Crippen LogP) is 20.8. The standard InChI is InChI=1S/C65H116O6/c1-4-7-10-13-15-17-19-21-22-23-24-25-26-27-28-29-30-31-32-33-34-35-36-37-38-39-40-41-42-44-45-47-49-52-55-58-64(67)70-61-62(60-69-63(66)57-54-51-12-9-6-3)71-65(68)59-56-53-50-48-46-43-20-18-16-14-11-8-5-2/h8,11,16,18-19,21,23-24,43,46,62H,4-7,9-10,12-15,17,20,22,25-42,44-45,47-61H2,1-3H3/b11-8-,18-16-,21-19-,24-23-,46-43-. The van der Waals surface area contributed by atoms with Gasteiger partial charge >= 0.3 is 17.9 Å². The van der Waals surface area contributed by atoms with Gasteiger partial charge in [0.1, 0.15) is 13.2 Å². The minimum absolute atomic E-state index is 0.0833. The van der Waals surface area contributed by atoms with E-state index in [1.165, 1.54) is 180 Å². The summed E-state index contributed by atoms with van der Waals surface area (Å²) in [7, 11) is 0. The van der Waals surface area contributed by atoms with Crippen LogP contribution in [-0.4, -0.2) is 37.2 Å². The molecule has 0 heterocycles. The zero-order valence-corrected chi connectivity index (χ0v) is 47.2. The molecule has 0 aliphatic rings. The van der Waals surface area contributed by atoms with E-state index in [-0.39, 0.29) is 31.1 Å². The average Bonchev–Trinajstić information content (AvgIpc) is 3.37. The van der Waals surface area contributed by atoms with Gasteiger partial charge in [-0.25, -0.2) is 0 Å². The zero-order valence-electron chi connectivity index (χ0n) is 47.2. The van der Waals surface area contributed by atoms with Crippen LogP contribution in [0.1, 0.15) is 316 Å². The van der Waals surface area contributed by atoms with Gasteiger partial charge in [0.05, 0.1) is 0 Å². The molecule has 6 nitrogen and oxygen atoms in total. The van der Waals surface area contributed by atoms with E-state index >= 15 is 0 Å². The lowest BCUT2D eigenvalue weighted by Gasteiger charge is -2.18. The molecule has 0 saturated carbocycles. The van der Waals surface area contributed by atoms with Gasteiger partial charge in [-0.05, 0) is 83.5 Å². The van der Waals surface area contributed by atoms with Crippen molar-refractivity contribution in [1.82, 2.24) is 0 Å². The van der Waals surface area contributed by atoms with Crippen LogP contribution in [-0.2, 0) is 28.6 Å². The van der Waals surface area contributed by atoms with E-state index in [4.69, 9.17) is 14.2 Å². The molecule has 71 heavy (non-hydrogen) atoms. The third-order valence-electron chi connectivity index (χ3n) is 13.5. The number of carbonyl (C=O) groups is 3. The normalized spacial score (nSPS) is 12.4. The van der Waals surface area contributed by atoms with Crippen molar-refractivity contribution >= 4 is 17.9 Å². The molecule has 0 saturated heterocycles. The molecule has 412 valence electrons. The second-order valence-corrected chi connectivity index (χ2v) is 20.6. The van der Waals surface area contributed by atoms with E-state index in [2.05, 4.69) is 81.5 Å². The average molecular weight is 994 g/mol. The SMILES string of the molecule is CC/C=C\C/C=C\C/C=C\CCCCCC(=O)OC(COC(=O)CCCCCCC)COC(=O)CCCCCCCCCCCCCCCCCCCCCCCCC/C=C\C/C=C\CCCCCCC. The Hall–Kier alpha value is -2.89. The van der Waals surface area contributed by atoms with Crippen LogP contribution in [0.25, 0.3) is 0 Å². The molecule has 0 amide bonds. The van der Waals surface area contributed by atoms with Crippen LogP contribution >= 0.6 is 0 Å². The van der Waals surface area contributed by atoms with Crippen LogP contribution in [0, 0.1) is 0 Å². The first-order valence-electron chi connectivity index (χ1n) is 30.8. The Morgan fingerprint density at radius 3 is 0.873 bits per heavy atom. The second-order valence-electron chi connectivity index (χ2n) is 20.6. The molecule has 0 aromatic carbocycles. The molecule has 0 aromatic rings. The van der Waals surface area contributed by atoms with Crippen LogP contribution in [0.4, 0.5) is 0 Å². The van der Waals surface area contributed by atoms with Crippen molar-refractivity contribution in [3.8, 4) is 0 Å². The van der Waals surface area contributed by atoms with E-state index in [1.54, 1.807) is 0 Å². The maximum absolute atomic E-state index is 12.7. The van der Waals surface area contributed by atoms with Crippen molar-refractivity contribution in [2.75, 3.05) is 13.2 Å². The zero-order chi connectivity index (χ0) is 51.4. The highest BCUT2D eigenvalue weighted by atomic mass is 16.6. The summed E-state index contributed by atoms with van der Waals surface area (Å²) in [5.41, 5.74) is 0. The number of esters is 3. The van der Waals surface area contributed by atoms with Gasteiger partial charge in [-0.2, -0.15) is 0 Å². The lowest BCUT2D eigenvalue weighted by atomic mass is 10.0. The fraction of sp³-hybridized carbons (Fsp3) is 0.800. The molecule has 0 aliphatic carbocycles. The summed E-state index contributed by atoms with van der Waals surface area (Å²) in [6, 6.07) is 0. The van der Waals surface area contributed by atoms with Crippen LogP contribution in [0.5, 0.6) is 0 Å². The molecular formula is C65H116O6. The van der Waals surface area contributed by atoms with Gasteiger partial charge in [-0.1, -0.05) is 274 Å².